The molecule has 0 spiro atoms. The highest BCUT2D eigenvalue weighted by molar-refractivity contribution is 7.15. The van der Waals surface area contributed by atoms with E-state index in [1.54, 1.807) is 0 Å². The zero-order valence-corrected chi connectivity index (χ0v) is 11.3. The third-order valence-electron chi connectivity index (χ3n) is 2.98. The van der Waals surface area contributed by atoms with E-state index in [0.29, 0.717) is 21.4 Å². The van der Waals surface area contributed by atoms with Gasteiger partial charge in [0.15, 0.2) is 0 Å². The molecule has 0 fully saturated rings. The first-order valence-electron chi connectivity index (χ1n) is 5.76. The molecule has 0 aromatic carbocycles. The number of pyridine rings is 1. The van der Waals surface area contributed by atoms with Gasteiger partial charge in [-0.15, -0.1) is 11.3 Å². The van der Waals surface area contributed by atoms with Crippen molar-refractivity contribution in [3.63, 3.8) is 0 Å². The number of hydrogen-bond donors (Lipinski definition) is 0. The minimum Gasteiger partial charge on any atom is -0.261 e. The van der Waals surface area contributed by atoms with Crippen molar-refractivity contribution in [1.82, 2.24) is 9.97 Å². The Kier molecular flexibility index (Phi) is 3.71. The zero-order chi connectivity index (χ0) is 13.3. The molecule has 0 amide bonds. The highest BCUT2D eigenvalue weighted by Gasteiger charge is 2.20. The van der Waals surface area contributed by atoms with E-state index in [-0.39, 0.29) is 5.92 Å². The van der Waals surface area contributed by atoms with E-state index in [0.717, 1.165) is 6.20 Å². The van der Waals surface area contributed by atoms with Gasteiger partial charge in [0, 0.05) is 11.8 Å². The fourth-order valence-electron chi connectivity index (χ4n) is 1.55. The molecule has 2 heterocycles. The van der Waals surface area contributed by atoms with Crippen LogP contribution in [0.15, 0.2) is 18.5 Å². The van der Waals surface area contributed by atoms with Crippen molar-refractivity contribution in [3.8, 4) is 10.6 Å². The summed E-state index contributed by atoms with van der Waals surface area (Å²) in [6, 6.07) is 1.31. The smallest absolute Gasteiger partial charge is 0.227 e. The Morgan fingerprint density at radius 1 is 1.17 bits per heavy atom. The summed E-state index contributed by atoms with van der Waals surface area (Å²) in [4.78, 5) is 8.23. The highest BCUT2D eigenvalue weighted by Crippen LogP contribution is 2.35. The van der Waals surface area contributed by atoms with Crippen LogP contribution in [0.25, 0.3) is 10.6 Å². The lowest BCUT2D eigenvalue weighted by atomic mass is 9.97. The number of rotatable bonds is 3. The largest absolute Gasteiger partial charge is 0.261 e. The number of hydrogen-bond acceptors (Lipinski definition) is 3. The first-order valence-corrected chi connectivity index (χ1v) is 6.58. The molecule has 0 saturated heterocycles. The van der Waals surface area contributed by atoms with Crippen LogP contribution in [0.5, 0.6) is 0 Å². The van der Waals surface area contributed by atoms with E-state index in [9.17, 15) is 8.78 Å². The molecule has 0 bridgehead atoms. The minimum absolute atomic E-state index is 0.0952. The first kappa shape index (κ1) is 13.1. The molecular formula is C13H14F2N2S. The van der Waals surface area contributed by atoms with Crippen LogP contribution in [0.4, 0.5) is 8.78 Å². The molecule has 0 aliphatic heterocycles. The normalized spacial score (nSPS) is 13.0. The fourth-order valence-corrected chi connectivity index (χ4v) is 2.70. The topological polar surface area (TPSA) is 25.8 Å². The number of thiazole rings is 1. The summed E-state index contributed by atoms with van der Waals surface area (Å²) >= 11 is 1.26. The molecule has 96 valence electrons. The third-order valence-corrected chi connectivity index (χ3v) is 4.26. The van der Waals surface area contributed by atoms with Crippen molar-refractivity contribution in [3.05, 3.63) is 35.1 Å². The highest BCUT2D eigenvalue weighted by atomic mass is 32.1. The van der Waals surface area contributed by atoms with E-state index in [1.807, 2.05) is 20.8 Å². The van der Waals surface area contributed by atoms with Gasteiger partial charge < -0.3 is 0 Å². The Balaban J connectivity index is 2.40. The minimum atomic E-state index is -0.458. The maximum Gasteiger partial charge on any atom is 0.227 e. The van der Waals surface area contributed by atoms with Crippen molar-refractivity contribution in [2.24, 2.45) is 5.92 Å². The van der Waals surface area contributed by atoms with E-state index in [1.165, 1.54) is 23.6 Å². The van der Waals surface area contributed by atoms with Crippen LogP contribution >= 0.6 is 11.3 Å². The number of nitrogens with zero attached hydrogens (tertiary/aromatic N) is 2. The van der Waals surface area contributed by atoms with E-state index >= 15 is 0 Å². The molecule has 2 aromatic heterocycles. The average Bonchev–Trinajstić information content (AvgIpc) is 2.70. The summed E-state index contributed by atoms with van der Waals surface area (Å²) in [5.41, 5.74) is 0.515. The molecule has 0 aliphatic rings. The Morgan fingerprint density at radius 2 is 1.89 bits per heavy atom. The van der Waals surface area contributed by atoms with E-state index in [2.05, 4.69) is 9.97 Å². The second kappa shape index (κ2) is 5.10. The summed E-state index contributed by atoms with van der Waals surface area (Å²) in [6.45, 7) is 6.04. The molecule has 1 atom stereocenters. The van der Waals surface area contributed by atoms with Crippen LogP contribution < -0.4 is 0 Å². The maximum atomic E-state index is 13.8. The van der Waals surface area contributed by atoms with Gasteiger partial charge in [-0.25, -0.2) is 9.37 Å². The summed E-state index contributed by atoms with van der Waals surface area (Å²) in [6.07, 6.45) is 2.61. The standard InChI is InChI=1S/C13H14F2N2S/c1-7(2)8(3)11-12(15)17-13(18-11)9-4-10(14)6-16-5-9/h4-8H,1-3H3. The van der Waals surface area contributed by atoms with Gasteiger partial charge in [0.05, 0.1) is 11.1 Å². The van der Waals surface area contributed by atoms with Crippen molar-refractivity contribution < 1.29 is 8.78 Å². The summed E-state index contributed by atoms with van der Waals surface area (Å²) in [5, 5.41) is 0.474. The Hall–Kier alpha value is -1.36. The summed E-state index contributed by atoms with van der Waals surface area (Å²) < 4.78 is 26.9. The lowest BCUT2D eigenvalue weighted by molar-refractivity contribution is 0.500. The molecular weight excluding hydrogens is 254 g/mol. The molecule has 5 heteroatoms. The van der Waals surface area contributed by atoms with Crippen LogP contribution in [0.2, 0.25) is 0 Å². The molecule has 0 N–H and O–H groups in total. The van der Waals surface area contributed by atoms with Crippen LogP contribution in [-0.4, -0.2) is 9.97 Å². The lowest BCUT2D eigenvalue weighted by Crippen LogP contribution is -2.01. The van der Waals surface area contributed by atoms with Crippen molar-refractivity contribution in [1.29, 1.82) is 0 Å². The van der Waals surface area contributed by atoms with Crippen LogP contribution in [0, 0.1) is 17.7 Å². The quantitative estimate of drug-likeness (QED) is 0.832. The predicted octanol–water partition coefficient (Wildman–Crippen LogP) is 4.24. The molecule has 2 nitrogen and oxygen atoms in total. The van der Waals surface area contributed by atoms with Crippen LogP contribution in [-0.2, 0) is 0 Å². The molecule has 0 aliphatic carbocycles. The zero-order valence-electron chi connectivity index (χ0n) is 10.4. The molecule has 2 rings (SSSR count). The van der Waals surface area contributed by atoms with Crippen LogP contribution in [0.3, 0.4) is 0 Å². The second-order valence-corrected chi connectivity index (χ2v) is 5.63. The van der Waals surface area contributed by atoms with Gasteiger partial charge in [0.25, 0.3) is 0 Å². The summed E-state index contributed by atoms with van der Waals surface area (Å²) in [7, 11) is 0. The maximum absolute atomic E-state index is 13.8. The average molecular weight is 268 g/mol. The summed E-state index contributed by atoms with van der Waals surface area (Å²) in [5.74, 6) is -0.474. The molecule has 1 unspecified atom stereocenters. The number of halogens is 2. The van der Waals surface area contributed by atoms with Gasteiger partial charge in [-0.2, -0.15) is 4.39 Å². The number of aromatic nitrogens is 2. The molecule has 18 heavy (non-hydrogen) atoms. The Labute approximate surface area is 109 Å². The van der Waals surface area contributed by atoms with Gasteiger partial charge in [0.1, 0.15) is 10.8 Å². The van der Waals surface area contributed by atoms with Crippen molar-refractivity contribution >= 4 is 11.3 Å². The predicted molar refractivity (Wildman–Crippen MR) is 68.5 cm³/mol. The lowest BCUT2D eigenvalue weighted by Gasteiger charge is -2.12. The van der Waals surface area contributed by atoms with Gasteiger partial charge in [-0.1, -0.05) is 20.8 Å². The van der Waals surface area contributed by atoms with Crippen molar-refractivity contribution in [2.45, 2.75) is 26.7 Å². The molecule has 0 saturated carbocycles. The molecule has 0 radical (unpaired) electrons. The van der Waals surface area contributed by atoms with Gasteiger partial charge >= 0.3 is 0 Å². The van der Waals surface area contributed by atoms with Gasteiger partial charge in [0.2, 0.25) is 5.95 Å². The second-order valence-electron chi connectivity index (χ2n) is 4.60. The fraction of sp³-hybridized carbons (Fsp3) is 0.385. The third kappa shape index (κ3) is 2.56. The van der Waals surface area contributed by atoms with Gasteiger partial charge in [-0.3, -0.25) is 4.98 Å². The van der Waals surface area contributed by atoms with E-state index in [4.69, 9.17) is 0 Å². The Bertz CT molecular complexity index is 552. The van der Waals surface area contributed by atoms with Crippen LogP contribution in [0.1, 0.15) is 31.6 Å². The van der Waals surface area contributed by atoms with E-state index < -0.39 is 11.8 Å². The monoisotopic (exact) mass is 268 g/mol. The SMILES string of the molecule is CC(C)C(C)c1sc(-c2cncc(F)c2)nc1F. The van der Waals surface area contributed by atoms with Gasteiger partial charge in [-0.05, 0) is 17.9 Å². The van der Waals surface area contributed by atoms with Crippen molar-refractivity contribution in [2.75, 3.05) is 0 Å². The molecule has 2 aromatic rings. The first-order chi connectivity index (χ1) is 8.49. The Morgan fingerprint density at radius 3 is 2.50 bits per heavy atom.